The maximum absolute atomic E-state index is 12.9. The second-order valence-corrected chi connectivity index (χ2v) is 7.07. The Morgan fingerprint density at radius 1 is 1.36 bits per heavy atom. The lowest BCUT2D eigenvalue weighted by molar-refractivity contribution is -0.137. The fourth-order valence-corrected chi connectivity index (χ4v) is 3.58. The molecule has 4 rings (SSSR count). The van der Waals surface area contributed by atoms with Crippen LogP contribution in [-0.2, 0) is 30.5 Å². The van der Waals surface area contributed by atoms with Crippen LogP contribution in [-0.4, -0.2) is 42.6 Å². The summed E-state index contributed by atoms with van der Waals surface area (Å²) in [4.78, 5) is 21.6. The van der Waals surface area contributed by atoms with Gasteiger partial charge in [0.15, 0.2) is 0 Å². The highest BCUT2D eigenvalue weighted by molar-refractivity contribution is 5.79. The van der Waals surface area contributed by atoms with E-state index in [9.17, 15) is 18.0 Å². The van der Waals surface area contributed by atoms with Crippen molar-refractivity contribution in [2.24, 2.45) is 5.92 Å². The van der Waals surface area contributed by atoms with Gasteiger partial charge < -0.3 is 14.5 Å². The van der Waals surface area contributed by atoms with Crippen molar-refractivity contribution in [3.8, 4) is 0 Å². The Kier molecular flexibility index (Phi) is 4.56. The molecule has 148 valence electrons. The second-order valence-electron chi connectivity index (χ2n) is 7.07. The Balaban J connectivity index is 1.45. The van der Waals surface area contributed by atoms with Crippen LogP contribution in [0.15, 0.2) is 24.5 Å². The molecule has 2 aromatic heterocycles. The number of carbonyl (C=O) groups excluding carboxylic acids is 1. The van der Waals surface area contributed by atoms with Gasteiger partial charge in [-0.05, 0) is 31.0 Å². The van der Waals surface area contributed by atoms with Crippen LogP contribution in [0.25, 0.3) is 11.0 Å². The number of benzene rings is 1. The van der Waals surface area contributed by atoms with Gasteiger partial charge in [-0.1, -0.05) is 0 Å². The first-order valence-electron chi connectivity index (χ1n) is 8.99. The van der Waals surface area contributed by atoms with Crippen molar-refractivity contribution in [3.05, 3.63) is 41.7 Å². The summed E-state index contributed by atoms with van der Waals surface area (Å²) in [7, 11) is 1.68. The van der Waals surface area contributed by atoms with Gasteiger partial charge in [-0.3, -0.25) is 4.79 Å². The molecule has 0 bridgehead atoms. The number of alkyl halides is 3. The molecule has 3 heterocycles. The molecule has 0 radical (unpaired) electrons. The van der Waals surface area contributed by atoms with Gasteiger partial charge in [0, 0.05) is 25.9 Å². The quantitative estimate of drug-likeness (QED) is 0.743. The van der Waals surface area contributed by atoms with Crippen molar-refractivity contribution >= 4 is 16.9 Å². The number of amides is 1. The molecule has 1 N–H and O–H groups in total. The summed E-state index contributed by atoms with van der Waals surface area (Å²) in [6.45, 7) is 0.898. The molecular formula is C18H19F3N6O. The van der Waals surface area contributed by atoms with Crippen molar-refractivity contribution in [1.29, 1.82) is 0 Å². The molecule has 1 aliphatic rings. The Morgan fingerprint density at radius 2 is 2.18 bits per heavy atom. The molecular weight excluding hydrogens is 373 g/mol. The van der Waals surface area contributed by atoms with Gasteiger partial charge in [-0.2, -0.15) is 13.2 Å². The molecule has 0 fully saturated rings. The van der Waals surface area contributed by atoms with E-state index in [1.165, 1.54) is 6.07 Å². The Labute approximate surface area is 158 Å². The summed E-state index contributed by atoms with van der Waals surface area (Å²) in [5, 5.41) is 7.95. The molecule has 1 aliphatic heterocycles. The fourth-order valence-electron chi connectivity index (χ4n) is 3.58. The number of aryl methyl sites for hydroxylation is 2. The molecule has 0 saturated carbocycles. The number of aromatic amines is 1. The van der Waals surface area contributed by atoms with Gasteiger partial charge in [0.1, 0.15) is 18.0 Å². The van der Waals surface area contributed by atoms with Gasteiger partial charge in [0.2, 0.25) is 5.91 Å². The number of rotatable bonds is 3. The Morgan fingerprint density at radius 3 is 2.96 bits per heavy atom. The molecule has 0 saturated heterocycles. The average molecular weight is 392 g/mol. The zero-order chi connectivity index (χ0) is 19.9. The highest BCUT2D eigenvalue weighted by atomic mass is 19.4. The minimum atomic E-state index is -4.41. The number of aromatic nitrogens is 5. The van der Waals surface area contributed by atoms with Crippen LogP contribution in [0.5, 0.6) is 0 Å². The molecule has 0 spiro atoms. The van der Waals surface area contributed by atoms with Crippen LogP contribution in [0.1, 0.15) is 30.1 Å². The van der Waals surface area contributed by atoms with E-state index in [1.54, 1.807) is 18.3 Å². The molecule has 28 heavy (non-hydrogen) atoms. The van der Waals surface area contributed by atoms with Gasteiger partial charge in [0.25, 0.3) is 0 Å². The zero-order valence-electron chi connectivity index (χ0n) is 15.2. The minimum Gasteiger partial charge on any atom is -0.340 e. The normalized spacial score (nSPS) is 17.4. The van der Waals surface area contributed by atoms with Crippen LogP contribution in [0, 0.1) is 5.92 Å². The van der Waals surface area contributed by atoms with E-state index in [4.69, 9.17) is 0 Å². The van der Waals surface area contributed by atoms with Crippen molar-refractivity contribution < 1.29 is 18.0 Å². The van der Waals surface area contributed by atoms with E-state index >= 15 is 0 Å². The summed E-state index contributed by atoms with van der Waals surface area (Å²) < 4.78 is 40.5. The van der Waals surface area contributed by atoms with Gasteiger partial charge in [0.05, 0.1) is 23.1 Å². The smallest absolute Gasteiger partial charge is 0.340 e. The van der Waals surface area contributed by atoms with E-state index < -0.39 is 11.7 Å². The fraction of sp³-hybridized carbons (Fsp3) is 0.444. The molecule has 3 aromatic rings. The number of nitrogens with one attached hydrogen (secondary N) is 1. The third-order valence-corrected chi connectivity index (χ3v) is 5.10. The number of fused-ring (bicyclic) bond motifs is 2. The SMILES string of the molecule is CN(Cc1nc2ccc(C(F)(F)F)cc2[nH]1)C(=O)C1CCc2nncn2CC1. The number of hydrogen-bond acceptors (Lipinski definition) is 4. The van der Waals surface area contributed by atoms with Crippen LogP contribution in [0.2, 0.25) is 0 Å². The predicted molar refractivity (Wildman–Crippen MR) is 94.0 cm³/mol. The van der Waals surface area contributed by atoms with E-state index in [2.05, 4.69) is 20.2 Å². The van der Waals surface area contributed by atoms with Crippen LogP contribution in [0.4, 0.5) is 13.2 Å². The maximum atomic E-state index is 12.9. The minimum absolute atomic E-state index is 0.00449. The lowest BCUT2D eigenvalue weighted by Crippen LogP contribution is -2.33. The second kappa shape index (κ2) is 6.92. The summed E-state index contributed by atoms with van der Waals surface area (Å²) in [6.07, 6.45) is -0.653. The molecule has 7 nitrogen and oxygen atoms in total. The number of H-pyrrole nitrogens is 1. The predicted octanol–water partition coefficient (Wildman–Crippen LogP) is 2.78. The zero-order valence-corrected chi connectivity index (χ0v) is 15.2. The topological polar surface area (TPSA) is 79.7 Å². The van der Waals surface area contributed by atoms with Gasteiger partial charge in [-0.25, -0.2) is 4.98 Å². The molecule has 1 aromatic carbocycles. The highest BCUT2D eigenvalue weighted by Crippen LogP contribution is 2.31. The van der Waals surface area contributed by atoms with E-state index in [0.29, 0.717) is 42.7 Å². The standard InChI is InChI=1S/C18H19F3N6O/c1-26(17(28)11-2-5-16-25-22-10-27(16)7-6-11)9-15-23-13-4-3-12(18(19,20)21)8-14(13)24-15/h3-4,8,10-11H,2,5-7,9H2,1H3,(H,23,24). The Bertz CT molecular complexity index is 986. The molecule has 1 amide bonds. The van der Waals surface area contributed by atoms with Crippen molar-refractivity contribution in [2.45, 2.75) is 38.5 Å². The summed E-state index contributed by atoms with van der Waals surface area (Å²) in [5.74, 6) is 1.20. The van der Waals surface area contributed by atoms with E-state index in [0.717, 1.165) is 18.0 Å². The van der Waals surface area contributed by atoms with E-state index in [1.807, 2.05) is 4.57 Å². The van der Waals surface area contributed by atoms with Crippen LogP contribution < -0.4 is 0 Å². The van der Waals surface area contributed by atoms with Crippen molar-refractivity contribution in [1.82, 2.24) is 29.6 Å². The lowest BCUT2D eigenvalue weighted by Gasteiger charge is -2.21. The first kappa shape index (κ1) is 18.5. The van der Waals surface area contributed by atoms with E-state index in [-0.39, 0.29) is 18.4 Å². The monoisotopic (exact) mass is 392 g/mol. The largest absolute Gasteiger partial charge is 0.416 e. The van der Waals surface area contributed by atoms with Crippen LogP contribution >= 0.6 is 0 Å². The Hall–Kier alpha value is -2.91. The highest BCUT2D eigenvalue weighted by Gasteiger charge is 2.31. The third kappa shape index (κ3) is 3.58. The lowest BCUT2D eigenvalue weighted by atomic mass is 9.99. The van der Waals surface area contributed by atoms with Crippen molar-refractivity contribution in [2.75, 3.05) is 7.05 Å². The molecule has 10 heteroatoms. The number of carbonyl (C=O) groups is 1. The van der Waals surface area contributed by atoms with Gasteiger partial charge >= 0.3 is 6.18 Å². The van der Waals surface area contributed by atoms with Gasteiger partial charge in [-0.15, -0.1) is 10.2 Å². The van der Waals surface area contributed by atoms with Crippen molar-refractivity contribution in [3.63, 3.8) is 0 Å². The molecule has 0 aliphatic carbocycles. The number of halogens is 3. The summed E-state index contributed by atoms with van der Waals surface area (Å²) >= 11 is 0. The van der Waals surface area contributed by atoms with Crippen LogP contribution in [0.3, 0.4) is 0 Å². The number of nitrogens with zero attached hydrogens (tertiary/aromatic N) is 5. The molecule has 1 unspecified atom stereocenters. The number of imidazole rings is 1. The third-order valence-electron chi connectivity index (χ3n) is 5.10. The number of hydrogen-bond donors (Lipinski definition) is 1. The maximum Gasteiger partial charge on any atom is 0.416 e. The first-order valence-corrected chi connectivity index (χ1v) is 8.99. The molecule has 1 atom stereocenters. The summed E-state index contributed by atoms with van der Waals surface area (Å²) in [6, 6.07) is 3.38. The summed E-state index contributed by atoms with van der Waals surface area (Å²) in [5.41, 5.74) is 0.0133. The average Bonchev–Trinajstić information content (AvgIpc) is 3.21. The first-order chi connectivity index (χ1) is 13.3.